The molecule has 0 radical (unpaired) electrons. The van der Waals surface area contributed by atoms with Gasteiger partial charge in [0.25, 0.3) is 5.91 Å². The zero-order valence-electron chi connectivity index (χ0n) is 7.78. The van der Waals surface area contributed by atoms with Gasteiger partial charge in [-0.05, 0) is 5.41 Å². The average Bonchev–Trinajstić information content (AvgIpc) is 2.50. The molecule has 0 aliphatic carbocycles. The number of carbonyl (C=O) groups is 1. The van der Waals surface area contributed by atoms with Gasteiger partial charge in [-0.3, -0.25) is 4.79 Å². The van der Waals surface area contributed by atoms with Crippen LogP contribution in [-0.2, 0) is 0 Å². The van der Waals surface area contributed by atoms with Crippen molar-refractivity contribution in [1.29, 1.82) is 0 Å². The largest absolute Gasteiger partial charge is 0.351 e. The van der Waals surface area contributed by atoms with Crippen LogP contribution in [0.5, 0.6) is 0 Å². The number of hydrogen-bond acceptors (Lipinski definition) is 3. The minimum atomic E-state index is -0.0585. The van der Waals surface area contributed by atoms with E-state index in [9.17, 15) is 4.79 Å². The van der Waals surface area contributed by atoms with E-state index >= 15 is 0 Å². The Morgan fingerprint density at radius 1 is 1.62 bits per heavy atom. The number of amides is 1. The second-order valence-corrected chi connectivity index (χ2v) is 4.20. The number of likely N-dealkylation sites (tertiary alicyclic amines) is 1. The first-order valence-electron chi connectivity index (χ1n) is 4.28. The normalized spacial score (nSPS) is 19.7. The average molecular weight is 180 g/mol. The third-order valence-corrected chi connectivity index (χ3v) is 2.17. The second-order valence-electron chi connectivity index (χ2n) is 4.20. The van der Waals surface area contributed by atoms with Crippen LogP contribution in [0.15, 0.2) is 16.8 Å². The van der Waals surface area contributed by atoms with Crippen LogP contribution in [0.2, 0.25) is 0 Å². The summed E-state index contributed by atoms with van der Waals surface area (Å²) in [5.41, 5.74) is 0.260. The van der Waals surface area contributed by atoms with Crippen LogP contribution in [0.3, 0.4) is 0 Å². The van der Waals surface area contributed by atoms with Crippen molar-refractivity contribution < 1.29 is 9.32 Å². The predicted octanol–water partition coefficient (Wildman–Crippen LogP) is 1.16. The van der Waals surface area contributed by atoms with Crippen molar-refractivity contribution in [1.82, 2.24) is 10.1 Å². The number of rotatable bonds is 1. The molecular formula is C9H12N2O2. The van der Waals surface area contributed by atoms with Crippen LogP contribution in [0.25, 0.3) is 0 Å². The van der Waals surface area contributed by atoms with Crippen molar-refractivity contribution in [3.05, 3.63) is 18.0 Å². The first-order chi connectivity index (χ1) is 6.08. The summed E-state index contributed by atoms with van der Waals surface area (Å²) in [6.07, 6.45) is 1.48. The molecule has 0 aromatic carbocycles. The SMILES string of the molecule is CC1(C)CN(C(=O)c2ccno2)C1. The van der Waals surface area contributed by atoms with Gasteiger partial charge >= 0.3 is 0 Å². The maximum Gasteiger partial charge on any atom is 0.292 e. The molecule has 1 amide bonds. The van der Waals surface area contributed by atoms with Gasteiger partial charge in [-0.2, -0.15) is 0 Å². The molecule has 0 spiro atoms. The van der Waals surface area contributed by atoms with Crippen LogP contribution in [0.1, 0.15) is 24.4 Å². The summed E-state index contributed by atoms with van der Waals surface area (Å²) in [5, 5.41) is 3.50. The van der Waals surface area contributed by atoms with Gasteiger partial charge in [-0.25, -0.2) is 0 Å². The fraction of sp³-hybridized carbons (Fsp3) is 0.556. The molecule has 1 aromatic rings. The van der Waals surface area contributed by atoms with Crippen LogP contribution in [0.4, 0.5) is 0 Å². The Labute approximate surface area is 76.5 Å². The lowest BCUT2D eigenvalue weighted by molar-refractivity contribution is 0.0202. The van der Waals surface area contributed by atoms with E-state index in [0.717, 1.165) is 13.1 Å². The lowest BCUT2D eigenvalue weighted by Crippen LogP contribution is -2.55. The van der Waals surface area contributed by atoms with Gasteiger partial charge in [0.05, 0.1) is 6.20 Å². The van der Waals surface area contributed by atoms with Crippen LogP contribution >= 0.6 is 0 Å². The van der Waals surface area contributed by atoms with Crippen molar-refractivity contribution in [3.63, 3.8) is 0 Å². The molecule has 1 saturated heterocycles. The van der Waals surface area contributed by atoms with E-state index < -0.39 is 0 Å². The van der Waals surface area contributed by atoms with Gasteiger partial charge in [0.1, 0.15) is 0 Å². The van der Waals surface area contributed by atoms with Crippen LogP contribution in [0, 0.1) is 5.41 Å². The summed E-state index contributed by atoms with van der Waals surface area (Å²) in [4.78, 5) is 13.3. The number of carbonyl (C=O) groups excluding carboxylic acids is 1. The standard InChI is InChI=1S/C9H12N2O2/c1-9(2)5-11(6-9)8(12)7-3-4-10-13-7/h3-4H,5-6H2,1-2H3. The van der Waals surface area contributed by atoms with Gasteiger partial charge in [0, 0.05) is 19.2 Å². The Balaban J connectivity index is 2.02. The van der Waals surface area contributed by atoms with E-state index in [-0.39, 0.29) is 11.3 Å². The molecule has 0 saturated carbocycles. The van der Waals surface area contributed by atoms with Gasteiger partial charge in [0.15, 0.2) is 0 Å². The van der Waals surface area contributed by atoms with E-state index in [1.807, 2.05) is 0 Å². The molecular weight excluding hydrogens is 168 g/mol. The quantitative estimate of drug-likeness (QED) is 0.651. The summed E-state index contributed by atoms with van der Waals surface area (Å²) in [5.74, 6) is 0.271. The van der Waals surface area contributed by atoms with Gasteiger partial charge < -0.3 is 9.42 Å². The molecule has 0 N–H and O–H groups in total. The van der Waals surface area contributed by atoms with E-state index in [4.69, 9.17) is 4.52 Å². The van der Waals surface area contributed by atoms with E-state index in [0.29, 0.717) is 5.76 Å². The number of hydrogen-bond donors (Lipinski definition) is 0. The van der Waals surface area contributed by atoms with E-state index in [1.165, 1.54) is 6.20 Å². The van der Waals surface area contributed by atoms with Gasteiger partial charge in [-0.15, -0.1) is 0 Å². The monoisotopic (exact) mass is 180 g/mol. The molecule has 1 aromatic heterocycles. The Hall–Kier alpha value is -1.32. The highest BCUT2D eigenvalue weighted by Gasteiger charge is 2.38. The minimum absolute atomic E-state index is 0.0585. The highest BCUT2D eigenvalue weighted by atomic mass is 16.5. The summed E-state index contributed by atoms with van der Waals surface area (Å²) < 4.78 is 4.78. The fourth-order valence-corrected chi connectivity index (χ4v) is 1.61. The van der Waals surface area contributed by atoms with Crippen molar-refractivity contribution in [2.45, 2.75) is 13.8 Å². The lowest BCUT2D eigenvalue weighted by atomic mass is 9.84. The topological polar surface area (TPSA) is 46.3 Å². The minimum Gasteiger partial charge on any atom is -0.351 e. The Morgan fingerprint density at radius 3 is 2.77 bits per heavy atom. The number of aromatic nitrogens is 1. The molecule has 13 heavy (non-hydrogen) atoms. The molecule has 0 unspecified atom stereocenters. The third kappa shape index (κ3) is 1.43. The molecule has 1 aliphatic rings. The maximum atomic E-state index is 11.6. The summed E-state index contributed by atoms with van der Waals surface area (Å²) in [6.45, 7) is 5.87. The number of nitrogens with zero attached hydrogens (tertiary/aromatic N) is 2. The molecule has 1 aliphatic heterocycles. The molecule has 0 bridgehead atoms. The zero-order chi connectivity index (χ0) is 9.47. The smallest absolute Gasteiger partial charge is 0.292 e. The van der Waals surface area contributed by atoms with Gasteiger partial charge in [0.2, 0.25) is 5.76 Å². The van der Waals surface area contributed by atoms with Crippen molar-refractivity contribution in [2.24, 2.45) is 5.41 Å². The molecule has 70 valence electrons. The van der Waals surface area contributed by atoms with Crippen LogP contribution in [-0.4, -0.2) is 29.1 Å². The van der Waals surface area contributed by atoms with Crippen LogP contribution < -0.4 is 0 Å². The van der Waals surface area contributed by atoms with Crippen molar-refractivity contribution >= 4 is 5.91 Å². The summed E-state index contributed by atoms with van der Waals surface area (Å²) in [6, 6.07) is 1.59. The van der Waals surface area contributed by atoms with E-state index in [2.05, 4.69) is 19.0 Å². The lowest BCUT2D eigenvalue weighted by Gasteiger charge is -2.45. The Kier molecular flexibility index (Phi) is 1.65. The second kappa shape index (κ2) is 2.58. The first-order valence-corrected chi connectivity index (χ1v) is 4.28. The Morgan fingerprint density at radius 2 is 2.31 bits per heavy atom. The Bertz CT molecular complexity index is 308. The molecule has 0 atom stereocenters. The molecule has 1 fully saturated rings. The van der Waals surface area contributed by atoms with E-state index in [1.54, 1.807) is 11.0 Å². The molecule has 4 heteroatoms. The van der Waals surface area contributed by atoms with Crippen molar-refractivity contribution in [2.75, 3.05) is 13.1 Å². The molecule has 2 rings (SSSR count). The fourth-order valence-electron chi connectivity index (χ4n) is 1.61. The summed E-state index contributed by atoms with van der Waals surface area (Å²) in [7, 11) is 0. The van der Waals surface area contributed by atoms with Crippen molar-refractivity contribution in [3.8, 4) is 0 Å². The third-order valence-electron chi connectivity index (χ3n) is 2.17. The molecule has 2 heterocycles. The highest BCUT2D eigenvalue weighted by molar-refractivity contribution is 5.91. The predicted molar refractivity (Wildman–Crippen MR) is 46.2 cm³/mol. The van der Waals surface area contributed by atoms with Gasteiger partial charge in [-0.1, -0.05) is 19.0 Å². The maximum absolute atomic E-state index is 11.6. The summed E-state index contributed by atoms with van der Waals surface area (Å²) >= 11 is 0. The zero-order valence-corrected chi connectivity index (χ0v) is 7.78. The first kappa shape index (κ1) is 8.29. The highest BCUT2D eigenvalue weighted by Crippen LogP contribution is 2.29. The molecule has 4 nitrogen and oxygen atoms in total.